The summed E-state index contributed by atoms with van der Waals surface area (Å²) in [5, 5.41) is 0.776. The molecule has 0 heterocycles. The van der Waals surface area contributed by atoms with Crippen LogP contribution in [0.1, 0.15) is 47.7 Å². The summed E-state index contributed by atoms with van der Waals surface area (Å²) in [7, 11) is 0. The van der Waals surface area contributed by atoms with Crippen molar-refractivity contribution in [1.29, 1.82) is 0 Å². The number of aryl methyl sites for hydroxylation is 3. The van der Waals surface area contributed by atoms with E-state index in [-0.39, 0.29) is 6.04 Å². The number of hydrogen-bond donors (Lipinski definition) is 1. The monoisotopic (exact) mass is 287 g/mol. The second kappa shape index (κ2) is 6.43. The van der Waals surface area contributed by atoms with Crippen LogP contribution in [0.3, 0.4) is 0 Å². The summed E-state index contributed by atoms with van der Waals surface area (Å²) in [5.41, 5.74) is 12.4. The highest BCUT2D eigenvalue weighted by Gasteiger charge is 2.14. The van der Waals surface area contributed by atoms with Crippen LogP contribution in [0.4, 0.5) is 0 Å². The normalized spacial score (nSPS) is 12.4. The minimum atomic E-state index is -0.168. The zero-order valence-corrected chi connectivity index (χ0v) is 13.2. The molecule has 0 radical (unpaired) electrons. The van der Waals surface area contributed by atoms with Crippen molar-refractivity contribution >= 4 is 11.6 Å². The number of hydrogen-bond acceptors (Lipinski definition) is 1. The van der Waals surface area contributed by atoms with Crippen LogP contribution < -0.4 is 5.73 Å². The van der Waals surface area contributed by atoms with Crippen LogP contribution in [0.5, 0.6) is 0 Å². The van der Waals surface area contributed by atoms with Gasteiger partial charge in [0.15, 0.2) is 0 Å². The molecule has 0 spiro atoms. The van der Waals surface area contributed by atoms with Gasteiger partial charge in [-0.2, -0.15) is 0 Å². The molecule has 0 fully saturated rings. The summed E-state index contributed by atoms with van der Waals surface area (Å²) in [4.78, 5) is 0. The Balaban J connectivity index is 2.43. The van der Waals surface area contributed by atoms with Crippen LogP contribution in [0, 0.1) is 6.92 Å². The molecule has 1 unspecified atom stereocenters. The zero-order chi connectivity index (χ0) is 14.7. The molecule has 0 saturated heterocycles. The molecule has 0 aliphatic rings. The summed E-state index contributed by atoms with van der Waals surface area (Å²) >= 11 is 6.39. The van der Waals surface area contributed by atoms with E-state index in [0.29, 0.717) is 0 Å². The fourth-order valence-corrected chi connectivity index (χ4v) is 2.85. The van der Waals surface area contributed by atoms with Crippen molar-refractivity contribution in [3.8, 4) is 0 Å². The molecule has 0 amide bonds. The van der Waals surface area contributed by atoms with Gasteiger partial charge >= 0.3 is 0 Å². The van der Waals surface area contributed by atoms with Gasteiger partial charge in [-0.25, -0.2) is 0 Å². The van der Waals surface area contributed by atoms with E-state index < -0.39 is 0 Å². The maximum Gasteiger partial charge on any atom is 0.0566 e. The van der Waals surface area contributed by atoms with E-state index >= 15 is 0 Å². The second-order valence-electron chi connectivity index (χ2n) is 5.19. The predicted octanol–water partition coefficient (Wildman–Crippen LogP) is 4.82. The van der Waals surface area contributed by atoms with Crippen molar-refractivity contribution in [3.05, 3.63) is 69.2 Å². The van der Waals surface area contributed by atoms with Crippen molar-refractivity contribution in [2.75, 3.05) is 0 Å². The third-order valence-corrected chi connectivity index (χ3v) is 4.42. The molecule has 2 rings (SSSR count). The van der Waals surface area contributed by atoms with Gasteiger partial charge in [0.2, 0.25) is 0 Å². The SMILES string of the molecule is CCc1ccc(C(N)c2cccc(C)c2Cl)cc1CC. The first-order chi connectivity index (χ1) is 9.58. The Bertz CT molecular complexity index is 604. The van der Waals surface area contributed by atoms with Crippen molar-refractivity contribution in [2.24, 2.45) is 5.73 Å². The third kappa shape index (κ3) is 2.89. The van der Waals surface area contributed by atoms with Gasteiger partial charge in [0.1, 0.15) is 0 Å². The highest BCUT2D eigenvalue weighted by molar-refractivity contribution is 6.32. The fraction of sp³-hybridized carbons (Fsp3) is 0.333. The number of halogens is 1. The highest BCUT2D eigenvalue weighted by atomic mass is 35.5. The zero-order valence-electron chi connectivity index (χ0n) is 12.4. The number of nitrogens with two attached hydrogens (primary N) is 1. The average Bonchev–Trinajstić information content (AvgIpc) is 2.48. The predicted molar refractivity (Wildman–Crippen MR) is 87.4 cm³/mol. The number of benzene rings is 2. The minimum absolute atomic E-state index is 0.168. The molecule has 0 bridgehead atoms. The van der Waals surface area contributed by atoms with Crippen molar-refractivity contribution in [2.45, 2.75) is 39.7 Å². The topological polar surface area (TPSA) is 26.0 Å². The van der Waals surface area contributed by atoms with Crippen LogP contribution in [-0.4, -0.2) is 0 Å². The van der Waals surface area contributed by atoms with Gasteiger partial charge in [-0.1, -0.05) is 61.8 Å². The van der Waals surface area contributed by atoms with Gasteiger partial charge in [0, 0.05) is 5.02 Å². The first kappa shape index (κ1) is 15.1. The number of rotatable bonds is 4. The van der Waals surface area contributed by atoms with Gasteiger partial charge in [-0.3, -0.25) is 0 Å². The molecule has 0 aromatic heterocycles. The Morgan fingerprint density at radius 1 is 1.05 bits per heavy atom. The first-order valence-corrected chi connectivity index (χ1v) is 7.58. The van der Waals surface area contributed by atoms with Crippen LogP contribution in [0.15, 0.2) is 36.4 Å². The van der Waals surface area contributed by atoms with Gasteiger partial charge in [-0.05, 0) is 47.6 Å². The van der Waals surface area contributed by atoms with E-state index in [1.807, 2.05) is 25.1 Å². The molecule has 2 aromatic rings. The van der Waals surface area contributed by atoms with Crippen LogP contribution >= 0.6 is 11.6 Å². The molecule has 1 atom stereocenters. The van der Waals surface area contributed by atoms with Gasteiger partial charge < -0.3 is 5.73 Å². The third-order valence-electron chi connectivity index (χ3n) is 3.91. The Morgan fingerprint density at radius 3 is 2.40 bits per heavy atom. The molecule has 2 heteroatoms. The fourth-order valence-electron chi connectivity index (χ4n) is 2.60. The Kier molecular flexibility index (Phi) is 4.85. The summed E-state index contributed by atoms with van der Waals surface area (Å²) in [6.45, 7) is 6.38. The standard InChI is InChI=1S/C18H22ClN/c1-4-13-9-10-15(11-14(13)5-2)18(20)16-8-6-7-12(3)17(16)19/h6-11,18H,4-5,20H2,1-3H3. The quantitative estimate of drug-likeness (QED) is 0.857. The second-order valence-corrected chi connectivity index (χ2v) is 5.57. The van der Waals surface area contributed by atoms with E-state index in [4.69, 9.17) is 17.3 Å². The summed E-state index contributed by atoms with van der Waals surface area (Å²) in [5.74, 6) is 0. The lowest BCUT2D eigenvalue weighted by Gasteiger charge is -2.17. The Labute approximate surface area is 126 Å². The lowest BCUT2D eigenvalue weighted by Crippen LogP contribution is -2.13. The van der Waals surface area contributed by atoms with Crippen molar-refractivity contribution < 1.29 is 0 Å². The summed E-state index contributed by atoms with van der Waals surface area (Å²) < 4.78 is 0. The van der Waals surface area contributed by atoms with Crippen molar-refractivity contribution in [3.63, 3.8) is 0 Å². The van der Waals surface area contributed by atoms with E-state index in [1.165, 1.54) is 11.1 Å². The van der Waals surface area contributed by atoms with Gasteiger partial charge in [0.25, 0.3) is 0 Å². The average molecular weight is 288 g/mol. The molecule has 0 aliphatic heterocycles. The van der Waals surface area contributed by atoms with E-state index in [0.717, 1.165) is 34.6 Å². The largest absolute Gasteiger partial charge is 0.320 e. The smallest absolute Gasteiger partial charge is 0.0566 e. The van der Waals surface area contributed by atoms with Crippen LogP contribution in [-0.2, 0) is 12.8 Å². The molecule has 20 heavy (non-hydrogen) atoms. The molecule has 0 aliphatic carbocycles. The molecular formula is C18H22ClN. The maximum atomic E-state index is 6.42. The minimum Gasteiger partial charge on any atom is -0.320 e. The Morgan fingerprint density at radius 2 is 1.75 bits per heavy atom. The van der Waals surface area contributed by atoms with Crippen LogP contribution in [0.25, 0.3) is 0 Å². The van der Waals surface area contributed by atoms with E-state index in [9.17, 15) is 0 Å². The van der Waals surface area contributed by atoms with E-state index in [1.54, 1.807) is 0 Å². The molecule has 1 nitrogen and oxygen atoms in total. The summed E-state index contributed by atoms with van der Waals surface area (Å²) in [6.07, 6.45) is 2.09. The van der Waals surface area contributed by atoms with Gasteiger partial charge in [-0.15, -0.1) is 0 Å². The maximum absolute atomic E-state index is 6.42. The van der Waals surface area contributed by atoms with Crippen molar-refractivity contribution in [1.82, 2.24) is 0 Å². The molecule has 0 saturated carbocycles. The molecule has 106 valence electrons. The lowest BCUT2D eigenvalue weighted by molar-refractivity contribution is 0.862. The van der Waals surface area contributed by atoms with Crippen LogP contribution in [0.2, 0.25) is 5.02 Å². The first-order valence-electron chi connectivity index (χ1n) is 7.20. The molecule has 2 N–H and O–H groups in total. The van der Waals surface area contributed by atoms with Gasteiger partial charge in [0.05, 0.1) is 6.04 Å². The summed E-state index contributed by atoms with van der Waals surface area (Å²) in [6, 6.07) is 12.4. The molecule has 2 aromatic carbocycles. The Hall–Kier alpha value is -1.31. The highest BCUT2D eigenvalue weighted by Crippen LogP contribution is 2.30. The lowest BCUT2D eigenvalue weighted by atomic mass is 9.93. The molecular weight excluding hydrogens is 266 g/mol. The van der Waals surface area contributed by atoms with E-state index in [2.05, 4.69) is 32.0 Å².